The molecule has 0 aliphatic carbocycles. The van der Waals surface area contributed by atoms with Crippen molar-refractivity contribution in [2.75, 3.05) is 25.0 Å². The minimum Gasteiger partial charge on any atom is -0.356 e. The van der Waals surface area contributed by atoms with E-state index in [4.69, 9.17) is 0 Å². The molecule has 2 rings (SSSR count). The predicted octanol–water partition coefficient (Wildman–Crippen LogP) is 3.13. The first kappa shape index (κ1) is 13.3. The van der Waals surface area contributed by atoms with Gasteiger partial charge in [0.05, 0.1) is 0 Å². The predicted molar refractivity (Wildman–Crippen MR) is 77.0 cm³/mol. The van der Waals surface area contributed by atoms with Crippen LogP contribution in [-0.2, 0) is 0 Å². The van der Waals surface area contributed by atoms with Gasteiger partial charge in [-0.2, -0.15) is 0 Å². The van der Waals surface area contributed by atoms with Crippen LogP contribution in [0.4, 0.5) is 5.82 Å². The van der Waals surface area contributed by atoms with Crippen molar-refractivity contribution in [1.82, 2.24) is 10.3 Å². The molecule has 1 saturated heterocycles. The minimum absolute atomic E-state index is 0.360. The number of hydrogen-bond acceptors (Lipinski definition) is 3. The van der Waals surface area contributed by atoms with Crippen molar-refractivity contribution in [2.45, 2.75) is 45.1 Å². The number of pyridine rings is 1. The van der Waals surface area contributed by atoms with Crippen LogP contribution in [0.25, 0.3) is 0 Å². The molecule has 0 spiro atoms. The first-order valence-electron chi connectivity index (χ1n) is 7.20. The SMILES string of the molecule is CNC(C)c1cccnc1N1CCCCCCC1. The number of aromatic nitrogens is 1. The monoisotopic (exact) mass is 247 g/mol. The lowest BCUT2D eigenvalue weighted by Crippen LogP contribution is -2.30. The van der Waals surface area contributed by atoms with Gasteiger partial charge in [-0.25, -0.2) is 4.98 Å². The Bertz CT molecular complexity index is 357. The van der Waals surface area contributed by atoms with Crippen LogP contribution in [0.1, 0.15) is 50.6 Å². The lowest BCUT2D eigenvalue weighted by Gasteiger charge is -2.29. The second-order valence-electron chi connectivity index (χ2n) is 5.18. The Morgan fingerprint density at radius 2 is 1.83 bits per heavy atom. The van der Waals surface area contributed by atoms with Gasteiger partial charge in [0.25, 0.3) is 0 Å². The summed E-state index contributed by atoms with van der Waals surface area (Å²) in [6.07, 6.45) is 8.63. The van der Waals surface area contributed by atoms with Crippen LogP contribution in [0.3, 0.4) is 0 Å². The standard InChI is InChI=1S/C15H25N3/c1-13(16-2)14-9-8-10-17-15(14)18-11-6-4-3-5-7-12-18/h8-10,13,16H,3-7,11-12H2,1-2H3. The summed E-state index contributed by atoms with van der Waals surface area (Å²) in [5, 5.41) is 3.32. The van der Waals surface area contributed by atoms with Gasteiger partial charge in [-0.1, -0.05) is 25.3 Å². The van der Waals surface area contributed by atoms with E-state index in [0.717, 1.165) is 13.1 Å². The molecule has 0 amide bonds. The molecule has 1 aromatic rings. The van der Waals surface area contributed by atoms with E-state index in [1.807, 2.05) is 19.3 Å². The van der Waals surface area contributed by atoms with Crippen LogP contribution < -0.4 is 10.2 Å². The van der Waals surface area contributed by atoms with Crippen LogP contribution in [-0.4, -0.2) is 25.1 Å². The molecule has 100 valence electrons. The van der Waals surface area contributed by atoms with E-state index in [2.05, 4.69) is 28.2 Å². The van der Waals surface area contributed by atoms with E-state index in [9.17, 15) is 0 Å². The zero-order valence-electron chi connectivity index (χ0n) is 11.7. The molecule has 1 aromatic heterocycles. The molecule has 1 aliphatic rings. The fourth-order valence-corrected chi connectivity index (χ4v) is 2.63. The van der Waals surface area contributed by atoms with Crippen LogP contribution >= 0.6 is 0 Å². The third-order valence-electron chi connectivity index (χ3n) is 3.87. The molecule has 3 nitrogen and oxygen atoms in total. The highest BCUT2D eigenvalue weighted by atomic mass is 15.2. The van der Waals surface area contributed by atoms with E-state index in [1.54, 1.807) is 0 Å². The van der Waals surface area contributed by atoms with Crippen molar-refractivity contribution in [3.8, 4) is 0 Å². The third kappa shape index (κ3) is 3.22. The van der Waals surface area contributed by atoms with Crippen molar-refractivity contribution in [3.63, 3.8) is 0 Å². The fraction of sp³-hybridized carbons (Fsp3) is 0.667. The molecule has 2 heterocycles. The summed E-state index contributed by atoms with van der Waals surface area (Å²) in [5.41, 5.74) is 1.32. The lowest BCUT2D eigenvalue weighted by atomic mass is 10.1. The van der Waals surface area contributed by atoms with Crippen molar-refractivity contribution in [1.29, 1.82) is 0 Å². The van der Waals surface area contributed by atoms with E-state index in [0.29, 0.717) is 6.04 Å². The number of rotatable bonds is 3. The second kappa shape index (κ2) is 6.74. The molecule has 1 fully saturated rings. The molecule has 18 heavy (non-hydrogen) atoms. The molecule has 0 saturated carbocycles. The Morgan fingerprint density at radius 1 is 1.17 bits per heavy atom. The first-order valence-corrected chi connectivity index (χ1v) is 7.20. The van der Waals surface area contributed by atoms with E-state index in [-0.39, 0.29) is 0 Å². The van der Waals surface area contributed by atoms with Crippen LogP contribution in [0, 0.1) is 0 Å². The number of nitrogens with one attached hydrogen (secondary N) is 1. The highest BCUT2D eigenvalue weighted by Gasteiger charge is 2.16. The molecule has 0 radical (unpaired) electrons. The Morgan fingerprint density at radius 3 is 2.50 bits per heavy atom. The molecule has 0 aromatic carbocycles. The van der Waals surface area contributed by atoms with E-state index >= 15 is 0 Å². The zero-order chi connectivity index (χ0) is 12.8. The summed E-state index contributed by atoms with van der Waals surface area (Å²) >= 11 is 0. The van der Waals surface area contributed by atoms with Gasteiger partial charge in [-0.15, -0.1) is 0 Å². The van der Waals surface area contributed by atoms with Gasteiger partial charge in [-0.3, -0.25) is 0 Å². The molecular weight excluding hydrogens is 222 g/mol. The summed E-state index contributed by atoms with van der Waals surface area (Å²) in [6, 6.07) is 4.60. The molecule has 1 N–H and O–H groups in total. The fourth-order valence-electron chi connectivity index (χ4n) is 2.63. The van der Waals surface area contributed by atoms with Crippen LogP contribution in [0.15, 0.2) is 18.3 Å². The first-order chi connectivity index (χ1) is 8.83. The van der Waals surface area contributed by atoms with Crippen molar-refractivity contribution >= 4 is 5.82 Å². The Balaban J connectivity index is 2.19. The molecule has 0 bridgehead atoms. The lowest BCUT2D eigenvalue weighted by molar-refractivity contribution is 0.549. The third-order valence-corrected chi connectivity index (χ3v) is 3.87. The van der Waals surface area contributed by atoms with Crippen LogP contribution in [0.2, 0.25) is 0 Å². The Labute approximate surface area is 111 Å². The summed E-state index contributed by atoms with van der Waals surface area (Å²) in [7, 11) is 2.01. The van der Waals surface area contributed by atoms with Gasteiger partial charge < -0.3 is 10.2 Å². The number of hydrogen-bond donors (Lipinski definition) is 1. The van der Waals surface area contributed by atoms with Gasteiger partial charge in [0, 0.05) is 30.9 Å². The van der Waals surface area contributed by atoms with E-state index < -0.39 is 0 Å². The quantitative estimate of drug-likeness (QED) is 0.889. The summed E-state index contributed by atoms with van der Waals surface area (Å²) in [5.74, 6) is 1.18. The van der Waals surface area contributed by atoms with Crippen molar-refractivity contribution in [3.05, 3.63) is 23.9 Å². The Hall–Kier alpha value is -1.09. The normalized spacial score (nSPS) is 19.1. The summed E-state index contributed by atoms with van der Waals surface area (Å²) in [4.78, 5) is 7.10. The van der Waals surface area contributed by atoms with Gasteiger partial charge in [-0.05, 0) is 32.9 Å². The van der Waals surface area contributed by atoms with E-state index in [1.165, 1.54) is 43.5 Å². The van der Waals surface area contributed by atoms with Gasteiger partial charge >= 0.3 is 0 Å². The van der Waals surface area contributed by atoms with Crippen molar-refractivity contribution < 1.29 is 0 Å². The average Bonchev–Trinajstić information content (AvgIpc) is 2.38. The van der Waals surface area contributed by atoms with Crippen molar-refractivity contribution in [2.24, 2.45) is 0 Å². The largest absolute Gasteiger partial charge is 0.356 e. The zero-order valence-corrected chi connectivity index (χ0v) is 11.7. The maximum absolute atomic E-state index is 4.63. The Kier molecular flexibility index (Phi) is 5.00. The average molecular weight is 247 g/mol. The maximum atomic E-state index is 4.63. The smallest absolute Gasteiger partial charge is 0.133 e. The maximum Gasteiger partial charge on any atom is 0.133 e. The van der Waals surface area contributed by atoms with Gasteiger partial charge in [0.1, 0.15) is 5.82 Å². The topological polar surface area (TPSA) is 28.2 Å². The molecule has 1 aliphatic heterocycles. The highest BCUT2D eigenvalue weighted by Crippen LogP contribution is 2.25. The number of nitrogens with zero attached hydrogens (tertiary/aromatic N) is 2. The summed E-state index contributed by atoms with van der Waals surface area (Å²) in [6.45, 7) is 4.51. The van der Waals surface area contributed by atoms with Gasteiger partial charge in [0.2, 0.25) is 0 Å². The highest BCUT2D eigenvalue weighted by molar-refractivity contribution is 5.48. The molecule has 3 heteroatoms. The summed E-state index contributed by atoms with van der Waals surface area (Å²) < 4.78 is 0. The molecule has 1 atom stereocenters. The second-order valence-corrected chi connectivity index (χ2v) is 5.18. The minimum atomic E-state index is 0.360. The number of anilines is 1. The van der Waals surface area contributed by atoms with Gasteiger partial charge in [0.15, 0.2) is 0 Å². The molecular formula is C15H25N3. The molecule has 1 unspecified atom stereocenters. The van der Waals surface area contributed by atoms with Crippen LogP contribution in [0.5, 0.6) is 0 Å².